The molecule has 1 aliphatic rings. The van der Waals surface area contributed by atoms with Gasteiger partial charge in [-0.3, -0.25) is 0 Å². The molecule has 0 radical (unpaired) electrons. The van der Waals surface area contributed by atoms with E-state index >= 15 is 0 Å². The number of nitrogens with zero attached hydrogens (tertiary/aromatic N) is 1. The number of para-hydroxylation sites is 1. The SMILES string of the molecule is CCSC1=CC(=Cc2sc3ccccc3[n+]2C)CC(C)(C)C1.Cc1ccc(S(=O)(=O)[O-])cc1. The molecule has 7 heteroatoms. The summed E-state index contributed by atoms with van der Waals surface area (Å²) in [6.45, 7) is 8.83. The average molecular weight is 502 g/mol. The van der Waals surface area contributed by atoms with Gasteiger partial charge in [-0.2, -0.15) is 4.57 Å². The number of hydrogen-bond donors (Lipinski definition) is 0. The number of rotatable bonds is 4. The van der Waals surface area contributed by atoms with Crippen LogP contribution in [0.25, 0.3) is 16.3 Å². The first-order chi connectivity index (χ1) is 15.5. The van der Waals surface area contributed by atoms with Crippen molar-refractivity contribution in [3.8, 4) is 0 Å². The Kier molecular flexibility index (Phi) is 8.22. The number of thiazole rings is 1. The molecule has 176 valence electrons. The highest BCUT2D eigenvalue weighted by Gasteiger charge is 2.26. The molecule has 0 unspecified atom stereocenters. The average Bonchev–Trinajstić information content (AvgIpc) is 3.03. The summed E-state index contributed by atoms with van der Waals surface area (Å²) in [5, 5.41) is 1.34. The van der Waals surface area contributed by atoms with Crippen molar-refractivity contribution < 1.29 is 17.5 Å². The van der Waals surface area contributed by atoms with E-state index in [0.717, 1.165) is 17.7 Å². The maximum atomic E-state index is 10.4. The largest absolute Gasteiger partial charge is 0.744 e. The van der Waals surface area contributed by atoms with Crippen molar-refractivity contribution in [1.29, 1.82) is 0 Å². The maximum Gasteiger partial charge on any atom is 0.262 e. The molecule has 0 bridgehead atoms. The fraction of sp³-hybridized carbons (Fsp3) is 0.346. The van der Waals surface area contributed by atoms with Crippen molar-refractivity contribution in [2.24, 2.45) is 12.5 Å². The Labute approximate surface area is 205 Å². The highest BCUT2D eigenvalue weighted by Crippen LogP contribution is 2.42. The molecule has 0 fully saturated rings. The van der Waals surface area contributed by atoms with E-state index in [0.29, 0.717) is 5.41 Å². The van der Waals surface area contributed by atoms with Crippen molar-refractivity contribution in [2.75, 3.05) is 5.75 Å². The number of fused-ring (bicyclic) bond motifs is 1. The van der Waals surface area contributed by atoms with Gasteiger partial charge in [0.25, 0.3) is 5.01 Å². The molecular weight excluding hydrogens is 470 g/mol. The number of allylic oxidation sites excluding steroid dienone is 3. The number of aryl methyl sites for hydroxylation is 2. The second-order valence-corrected chi connectivity index (χ2v) is 12.8. The Morgan fingerprint density at radius 1 is 1.12 bits per heavy atom. The van der Waals surface area contributed by atoms with Crippen molar-refractivity contribution in [3.05, 3.63) is 75.7 Å². The number of thioether (sulfide) groups is 1. The highest BCUT2D eigenvalue weighted by atomic mass is 32.2. The summed E-state index contributed by atoms with van der Waals surface area (Å²) in [6, 6.07) is 14.4. The monoisotopic (exact) mass is 501 g/mol. The van der Waals surface area contributed by atoms with Gasteiger partial charge in [-0.15, -0.1) is 11.8 Å². The molecule has 0 saturated heterocycles. The van der Waals surface area contributed by atoms with Crippen LogP contribution in [0.4, 0.5) is 0 Å². The third-order valence-corrected chi connectivity index (χ3v) is 8.34. The van der Waals surface area contributed by atoms with E-state index in [1.807, 2.05) is 30.0 Å². The van der Waals surface area contributed by atoms with Crippen LogP contribution in [0.15, 0.2) is 70.0 Å². The van der Waals surface area contributed by atoms with E-state index < -0.39 is 10.1 Å². The molecule has 0 aliphatic heterocycles. The van der Waals surface area contributed by atoms with Gasteiger partial charge < -0.3 is 4.55 Å². The van der Waals surface area contributed by atoms with Gasteiger partial charge in [0.1, 0.15) is 21.9 Å². The molecule has 33 heavy (non-hydrogen) atoms. The van der Waals surface area contributed by atoms with Crippen LogP contribution in [0.1, 0.15) is 44.2 Å². The molecule has 2 aromatic carbocycles. The van der Waals surface area contributed by atoms with Crippen LogP contribution >= 0.6 is 23.1 Å². The van der Waals surface area contributed by atoms with Crippen molar-refractivity contribution in [3.63, 3.8) is 0 Å². The zero-order valence-electron chi connectivity index (χ0n) is 19.8. The first-order valence-electron chi connectivity index (χ1n) is 10.9. The van der Waals surface area contributed by atoms with Crippen LogP contribution in [0.3, 0.4) is 0 Å². The minimum Gasteiger partial charge on any atom is -0.744 e. The third-order valence-electron chi connectivity index (χ3n) is 5.40. The first-order valence-corrected chi connectivity index (χ1v) is 14.1. The van der Waals surface area contributed by atoms with E-state index in [9.17, 15) is 13.0 Å². The molecule has 0 spiro atoms. The third kappa shape index (κ3) is 7.03. The van der Waals surface area contributed by atoms with Gasteiger partial charge in [-0.1, -0.05) is 61.9 Å². The summed E-state index contributed by atoms with van der Waals surface area (Å²) < 4.78 is 34.8. The molecule has 0 saturated carbocycles. The van der Waals surface area contributed by atoms with Gasteiger partial charge >= 0.3 is 0 Å². The second kappa shape index (κ2) is 10.6. The Hall–Kier alpha value is -1.93. The molecule has 3 aromatic rings. The summed E-state index contributed by atoms with van der Waals surface area (Å²) in [7, 11) is -2.10. The Bertz CT molecular complexity index is 1280. The highest BCUT2D eigenvalue weighted by molar-refractivity contribution is 8.03. The van der Waals surface area contributed by atoms with Gasteiger partial charge in [0.15, 0.2) is 0 Å². The van der Waals surface area contributed by atoms with E-state index in [4.69, 9.17) is 0 Å². The molecule has 1 aromatic heterocycles. The fourth-order valence-corrected chi connectivity index (χ4v) is 6.57. The number of hydrogen-bond acceptors (Lipinski definition) is 5. The summed E-state index contributed by atoms with van der Waals surface area (Å²) in [6.07, 6.45) is 7.18. The molecule has 0 N–H and O–H groups in total. The minimum atomic E-state index is -4.27. The van der Waals surface area contributed by atoms with Gasteiger partial charge in [-0.05, 0) is 65.7 Å². The number of aromatic nitrogens is 1. The van der Waals surface area contributed by atoms with Crippen LogP contribution in [0.5, 0.6) is 0 Å². The van der Waals surface area contributed by atoms with E-state index in [1.165, 1.54) is 44.3 Å². The zero-order valence-corrected chi connectivity index (χ0v) is 22.2. The smallest absolute Gasteiger partial charge is 0.262 e. The van der Waals surface area contributed by atoms with E-state index in [2.05, 4.69) is 68.8 Å². The Balaban J connectivity index is 0.000000235. The van der Waals surface area contributed by atoms with E-state index in [1.54, 1.807) is 12.1 Å². The lowest BCUT2D eigenvalue weighted by molar-refractivity contribution is -0.642. The van der Waals surface area contributed by atoms with Gasteiger partial charge in [0.05, 0.1) is 4.90 Å². The molecular formula is C26H31NO3S3. The molecule has 1 aliphatic carbocycles. The predicted molar refractivity (Wildman–Crippen MR) is 139 cm³/mol. The van der Waals surface area contributed by atoms with Crippen LogP contribution < -0.4 is 4.57 Å². The van der Waals surface area contributed by atoms with Crippen LogP contribution in [0, 0.1) is 12.3 Å². The normalized spacial score (nSPS) is 16.9. The standard InChI is InChI=1S/C19H24NS2.C7H8O3S/c1-5-21-15-10-14(12-19(2,3)13-15)11-18-20(4)16-8-6-7-9-17(16)22-18;1-6-2-4-7(5-3-6)11(8,9)10/h6-11H,5,12-13H2,1-4H3;2-5H,1H3,(H,8,9,10)/q+1;/p-1. The summed E-state index contributed by atoms with van der Waals surface area (Å²) in [4.78, 5) is 1.36. The quantitative estimate of drug-likeness (QED) is 0.304. The molecule has 4 nitrogen and oxygen atoms in total. The molecule has 1 heterocycles. The fourth-order valence-electron chi connectivity index (χ4n) is 3.88. The summed E-state index contributed by atoms with van der Waals surface area (Å²) in [5.74, 6) is 1.16. The topological polar surface area (TPSA) is 61.1 Å². The Morgan fingerprint density at radius 3 is 2.39 bits per heavy atom. The van der Waals surface area contributed by atoms with Crippen LogP contribution in [0.2, 0.25) is 0 Å². The number of benzene rings is 2. The zero-order chi connectivity index (χ0) is 24.2. The van der Waals surface area contributed by atoms with Crippen molar-refractivity contribution >= 4 is 49.5 Å². The summed E-state index contributed by atoms with van der Waals surface area (Å²) >= 11 is 3.88. The van der Waals surface area contributed by atoms with Crippen molar-refractivity contribution in [2.45, 2.75) is 45.4 Å². The lowest BCUT2D eigenvalue weighted by Gasteiger charge is -2.30. The molecule has 0 atom stereocenters. The van der Waals surface area contributed by atoms with Gasteiger partial charge in [-0.25, -0.2) is 8.42 Å². The van der Waals surface area contributed by atoms with Crippen molar-refractivity contribution in [1.82, 2.24) is 0 Å². The predicted octanol–water partition coefficient (Wildman–Crippen LogP) is 6.47. The molecule has 4 rings (SSSR count). The molecule has 0 amide bonds. The van der Waals surface area contributed by atoms with E-state index in [-0.39, 0.29) is 4.90 Å². The van der Waals surface area contributed by atoms with Crippen LogP contribution in [-0.4, -0.2) is 18.7 Å². The van der Waals surface area contributed by atoms with Crippen LogP contribution in [-0.2, 0) is 17.2 Å². The van der Waals surface area contributed by atoms with Gasteiger partial charge in [0, 0.05) is 12.1 Å². The minimum absolute atomic E-state index is 0.178. The Morgan fingerprint density at radius 2 is 1.79 bits per heavy atom. The maximum absolute atomic E-state index is 10.4. The first kappa shape index (κ1) is 25.7. The second-order valence-electron chi connectivity index (χ2n) is 9.01. The lowest BCUT2D eigenvalue weighted by atomic mass is 9.78. The summed E-state index contributed by atoms with van der Waals surface area (Å²) in [5.41, 5.74) is 4.08. The lowest BCUT2D eigenvalue weighted by Crippen LogP contribution is -2.29. The van der Waals surface area contributed by atoms with Gasteiger partial charge in [0.2, 0.25) is 5.52 Å².